The Kier molecular flexibility index (Phi) is 2.75. The van der Waals surface area contributed by atoms with Gasteiger partial charge >= 0.3 is 0 Å². The summed E-state index contributed by atoms with van der Waals surface area (Å²) in [4.78, 5) is 0. The van der Waals surface area contributed by atoms with E-state index < -0.39 is 9.73 Å². The lowest BCUT2D eigenvalue weighted by Crippen LogP contribution is -1.94. The molecule has 5 heteroatoms. The Hall–Kier alpha value is -0.840. The first-order chi connectivity index (χ1) is 5.90. The van der Waals surface area contributed by atoms with Gasteiger partial charge in [0.2, 0.25) is 0 Å². The van der Waals surface area contributed by atoms with Gasteiger partial charge < -0.3 is 4.52 Å². The predicted octanol–water partition coefficient (Wildman–Crippen LogP) is 1.52. The molecule has 0 atom stereocenters. The third-order valence-electron chi connectivity index (χ3n) is 1.71. The fraction of sp³-hybridized carbons (Fsp3) is 0.625. The smallest absolute Gasteiger partial charge is 0.139 e. The third-order valence-corrected chi connectivity index (χ3v) is 2.47. The number of hydrogen-bond acceptors (Lipinski definition) is 4. The maximum absolute atomic E-state index is 11.3. The van der Waals surface area contributed by atoms with Gasteiger partial charge in [0.25, 0.3) is 0 Å². The monoisotopic (exact) mass is 202 g/mol. The minimum atomic E-state index is -2.03. The molecule has 0 bridgehead atoms. The summed E-state index contributed by atoms with van der Waals surface area (Å²) < 4.78 is 20.3. The molecular weight excluding hydrogens is 188 g/mol. The van der Waals surface area contributed by atoms with Gasteiger partial charge in [-0.3, -0.25) is 4.21 Å². The van der Waals surface area contributed by atoms with E-state index >= 15 is 0 Å². The summed E-state index contributed by atoms with van der Waals surface area (Å²) in [5.74, 6) is 0.755. The molecule has 0 N–H and O–H groups in total. The van der Waals surface area contributed by atoms with Crippen LogP contribution in [0.3, 0.4) is 0 Å². The summed E-state index contributed by atoms with van der Waals surface area (Å²) in [5.41, 5.74) is 1.77. The van der Waals surface area contributed by atoms with Gasteiger partial charge in [0, 0.05) is 27.8 Å². The summed E-state index contributed by atoms with van der Waals surface area (Å²) in [7, 11) is -2.03. The van der Waals surface area contributed by atoms with Gasteiger partial charge in [-0.1, -0.05) is 5.16 Å². The fourth-order valence-electron chi connectivity index (χ4n) is 0.948. The highest BCUT2D eigenvalue weighted by molar-refractivity contribution is 7.92. The van der Waals surface area contributed by atoms with E-state index in [0.29, 0.717) is 6.54 Å². The minimum absolute atomic E-state index is 0.424. The molecule has 0 saturated heterocycles. The Morgan fingerprint density at radius 3 is 2.46 bits per heavy atom. The molecule has 1 rings (SSSR count). The molecule has 0 radical (unpaired) electrons. The van der Waals surface area contributed by atoms with Crippen LogP contribution >= 0.6 is 0 Å². The Bertz CT molecular complexity index is 386. The summed E-state index contributed by atoms with van der Waals surface area (Å²) in [6, 6.07) is 0. The van der Waals surface area contributed by atoms with Gasteiger partial charge in [-0.25, -0.2) is 4.36 Å². The number of aryl methyl sites for hydroxylation is 2. The SMILES string of the molecule is Cc1noc(C)c1CN=S(C)(C)=O. The average Bonchev–Trinajstić information content (AvgIpc) is 2.27. The van der Waals surface area contributed by atoms with E-state index in [4.69, 9.17) is 4.52 Å². The normalized spacial score (nSPS) is 11.7. The highest BCUT2D eigenvalue weighted by Gasteiger charge is 2.07. The molecule has 1 aromatic rings. The number of hydrogen-bond donors (Lipinski definition) is 0. The van der Waals surface area contributed by atoms with E-state index in [0.717, 1.165) is 17.0 Å². The predicted molar refractivity (Wildman–Crippen MR) is 52.1 cm³/mol. The van der Waals surface area contributed by atoms with Crippen LogP contribution in [-0.2, 0) is 16.3 Å². The number of nitrogens with zero attached hydrogens (tertiary/aromatic N) is 2. The van der Waals surface area contributed by atoms with Crippen molar-refractivity contribution in [2.75, 3.05) is 12.5 Å². The Morgan fingerprint density at radius 1 is 1.46 bits per heavy atom. The van der Waals surface area contributed by atoms with Crippen molar-refractivity contribution in [2.24, 2.45) is 4.36 Å². The van der Waals surface area contributed by atoms with Crippen LogP contribution in [0.25, 0.3) is 0 Å². The Labute approximate surface area is 78.5 Å². The summed E-state index contributed by atoms with van der Waals surface area (Å²) >= 11 is 0. The second-order valence-electron chi connectivity index (χ2n) is 3.27. The van der Waals surface area contributed by atoms with Crippen LogP contribution in [0.15, 0.2) is 8.89 Å². The molecule has 1 aromatic heterocycles. The van der Waals surface area contributed by atoms with Gasteiger partial charge in [0.15, 0.2) is 0 Å². The van der Waals surface area contributed by atoms with Gasteiger partial charge in [-0.05, 0) is 13.8 Å². The lowest BCUT2D eigenvalue weighted by atomic mass is 10.2. The van der Waals surface area contributed by atoms with Crippen LogP contribution in [0, 0.1) is 13.8 Å². The van der Waals surface area contributed by atoms with Crippen molar-refractivity contribution in [2.45, 2.75) is 20.4 Å². The topological polar surface area (TPSA) is 55.5 Å². The van der Waals surface area contributed by atoms with Crippen molar-refractivity contribution in [3.63, 3.8) is 0 Å². The molecule has 1 heterocycles. The molecule has 74 valence electrons. The second-order valence-corrected chi connectivity index (χ2v) is 5.89. The lowest BCUT2D eigenvalue weighted by Gasteiger charge is -1.96. The van der Waals surface area contributed by atoms with E-state index in [9.17, 15) is 4.21 Å². The first-order valence-electron chi connectivity index (χ1n) is 3.95. The fourth-order valence-corrected chi connectivity index (χ4v) is 1.39. The molecule has 0 aliphatic heterocycles. The molecule has 0 aromatic carbocycles. The van der Waals surface area contributed by atoms with E-state index in [1.54, 1.807) is 12.5 Å². The number of aromatic nitrogens is 1. The first-order valence-corrected chi connectivity index (χ1v) is 6.28. The molecule has 0 amide bonds. The summed E-state index contributed by atoms with van der Waals surface area (Å²) in [6.45, 7) is 4.11. The van der Waals surface area contributed by atoms with E-state index in [1.807, 2.05) is 13.8 Å². The molecule has 0 aliphatic rings. The molecular formula is C8H14N2O2S. The van der Waals surface area contributed by atoms with Gasteiger partial charge in [0.05, 0.1) is 12.2 Å². The minimum Gasteiger partial charge on any atom is -0.361 e. The van der Waals surface area contributed by atoms with Gasteiger partial charge in [-0.15, -0.1) is 0 Å². The molecule has 0 aliphatic carbocycles. The van der Waals surface area contributed by atoms with Crippen LogP contribution in [0.1, 0.15) is 17.0 Å². The molecule has 0 unspecified atom stereocenters. The molecule has 0 spiro atoms. The van der Waals surface area contributed by atoms with E-state index in [-0.39, 0.29) is 0 Å². The molecule has 13 heavy (non-hydrogen) atoms. The van der Waals surface area contributed by atoms with Crippen molar-refractivity contribution in [3.8, 4) is 0 Å². The van der Waals surface area contributed by atoms with Crippen molar-refractivity contribution in [3.05, 3.63) is 17.0 Å². The first kappa shape index (κ1) is 10.2. The second kappa shape index (κ2) is 3.49. The maximum atomic E-state index is 11.3. The maximum Gasteiger partial charge on any atom is 0.139 e. The largest absolute Gasteiger partial charge is 0.361 e. The average molecular weight is 202 g/mol. The standard InChI is InChI=1S/C8H14N2O2S/c1-6-8(7(2)12-10-6)5-9-13(3,4)11/h5H2,1-4H3. The van der Waals surface area contributed by atoms with Gasteiger partial charge in [0.1, 0.15) is 5.76 Å². The van der Waals surface area contributed by atoms with Crippen molar-refractivity contribution < 1.29 is 8.73 Å². The summed E-state index contributed by atoms with van der Waals surface area (Å²) in [6.07, 6.45) is 3.23. The quantitative estimate of drug-likeness (QED) is 0.730. The molecule has 0 fully saturated rings. The van der Waals surface area contributed by atoms with Crippen molar-refractivity contribution in [1.82, 2.24) is 5.16 Å². The molecule has 0 saturated carbocycles. The summed E-state index contributed by atoms with van der Waals surface area (Å²) in [5, 5.41) is 3.79. The van der Waals surface area contributed by atoms with Crippen LogP contribution in [0.5, 0.6) is 0 Å². The van der Waals surface area contributed by atoms with Crippen molar-refractivity contribution >= 4 is 9.73 Å². The zero-order chi connectivity index (χ0) is 10.1. The van der Waals surface area contributed by atoms with Gasteiger partial charge in [-0.2, -0.15) is 0 Å². The van der Waals surface area contributed by atoms with Crippen LogP contribution in [0.2, 0.25) is 0 Å². The van der Waals surface area contributed by atoms with Crippen LogP contribution < -0.4 is 0 Å². The Balaban J connectivity index is 2.94. The van der Waals surface area contributed by atoms with E-state index in [1.165, 1.54) is 0 Å². The zero-order valence-electron chi connectivity index (χ0n) is 8.33. The number of rotatable bonds is 2. The van der Waals surface area contributed by atoms with Crippen LogP contribution in [0.4, 0.5) is 0 Å². The lowest BCUT2D eigenvalue weighted by molar-refractivity contribution is 0.392. The zero-order valence-corrected chi connectivity index (χ0v) is 9.14. The molecule has 4 nitrogen and oxygen atoms in total. The highest BCUT2D eigenvalue weighted by atomic mass is 32.2. The Morgan fingerprint density at radius 2 is 2.08 bits per heavy atom. The van der Waals surface area contributed by atoms with Crippen LogP contribution in [-0.4, -0.2) is 21.9 Å². The highest BCUT2D eigenvalue weighted by Crippen LogP contribution is 2.13. The third kappa shape index (κ3) is 2.84. The van der Waals surface area contributed by atoms with E-state index in [2.05, 4.69) is 9.52 Å². The van der Waals surface area contributed by atoms with Crippen molar-refractivity contribution in [1.29, 1.82) is 0 Å².